The first-order valence-electron chi connectivity index (χ1n) is 9.66. The predicted molar refractivity (Wildman–Crippen MR) is 121 cm³/mol. The number of carbonyl (C=O) groups is 1. The van der Waals surface area contributed by atoms with Gasteiger partial charge in [-0.2, -0.15) is 0 Å². The van der Waals surface area contributed by atoms with Crippen molar-refractivity contribution in [1.82, 2.24) is 0 Å². The van der Waals surface area contributed by atoms with E-state index < -0.39 is 15.8 Å². The first kappa shape index (κ1) is 21.4. The smallest absolute Gasteiger partial charge is 0.282 e. The highest BCUT2D eigenvalue weighted by Gasteiger charge is 2.34. The van der Waals surface area contributed by atoms with Gasteiger partial charge >= 0.3 is 0 Å². The van der Waals surface area contributed by atoms with E-state index in [1.54, 1.807) is 24.3 Å². The lowest BCUT2D eigenvalue weighted by Crippen LogP contribution is -2.33. The number of carbonyl (C=O) groups excluding carboxylic acids is 1. The summed E-state index contributed by atoms with van der Waals surface area (Å²) < 4.78 is 5.33. The summed E-state index contributed by atoms with van der Waals surface area (Å²) in [5.74, 6) is -0.0157. The molecule has 0 N–H and O–H groups in total. The molecule has 0 radical (unpaired) electrons. The van der Waals surface area contributed by atoms with Crippen molar-refractivity contribution >= 4 is 34.9 Å². The van der Waals surface area contributed by atoms with E-state index >= 15 is 0 Å². The van der Waals surface area contributed by atoms with Gasteiger partial charge in [-0.3, -0.25) is 29.9 Å². The summed E-state index contributed by atoms with van der Waals surface area (Å²) in [6.45, 7) is 0. The van der Waals surface area contributed by atoms with Gasteiger partial charge in [0.15, 0.2) is 0 Å². The Labute approximate surface area is 187 Å². The van der Waals surface area contributed by atoms with Crippen LogP contribution in [0.2, 0.25) is 0 Å². The predicted octanol–water partition coefficient (Wildman–Crippen LogP) is 4.35. The molecule has 33 heavy (non-hydrogen) atoms. The highest BCUT2D eigenvalue weighted by atomic mass is 16.6. The quantitative estimate of drug-likeness (QED) is 0.316. The van der Waals surface area contributed by atoms with E-state index in [2.05, 4.69) is 4.99 Å². The number of ether oxygens (including phenoxy) is 1. The molecule has 0 bridgehead atoms. The molecule has 3 aromatic rings. The Balaban J connectivity index is 1.82. The van der Waals surface area contributed by atoms with Crippen LogP contribution in [0.25, 0.3) is 6.08 Å². The van der Waals surface area contributed by atoms with Gasteiger partial charge < -0.3 is 4.74 Å². The molecule has 164 valence electrons. The second-order valence-corrected chi connectivity index (χ2v) is 6.93. The van der Waals surface area contributed by atoms with Gasteiger partial charge in [-0.25, -0.2) is 4.99 Å². The van der Waals surface area contributed by atoms with E-state index in [9.17, 15) is 25.0 Å². The Bertz CT molecular complexity index is 1320. The number of rotatable bonds is 6. The van der Waals surface area contributed by atoms with Gasteiger partial charge in [0.1, 0.15) is 17.3 Å². The van der Waals surface area contributed by atoms with Gasteiger partial charge in [0.25, 0.3) is 17.3 Å². The van der Waals surface area contributed by atoms with Crippen LogP contribution in [0.1, 0.15) is 11.1 Å². The lowest BCUT2D eigenvalue weighted by atomic mass is 10.1. The van der Waals surface area contributed by atoms with E-state index in [4.69, 9.17) is 4.74 Å². The fourth-order valence-electron chi connectivity index (χ4n) is 3.34. The van der Waals surface area contributed by atoms with Crippen molar-refractivity contribution in [3.05, 3.63) is 110 Å². The Kier molecular flexibility index (Phi) is 5.64. The number of aliphatic imine (C=N–C) groups is 1. The zero-order valence-electron chi connectivity index (χ0n) is 17.2. The van der Waals surface area contributed by atoms with Crippen LogP contribution in [0.4, 0.5) is 17.1 Å². The second-order valence-electron chi connectivity index (χ2n) is 6.93. The van der Waals surface area contributed by atoms with Gasteiger partial charge in [-0.1, -0.05) is 30.3 Å². The van der Waals surface area contributed by atoms with Crippen LogP contribution in [-0.2, 0) is 4.79 Å². The Morgan fingerprint density at radius 3 is 2.15 bits per heavy atom. The molecule has 0 unspecified atom stereocenters. The summed E-state index contributed by atoms with van der Waals surface area (Å²) in [6, 6.07) is 18.7. The van der Waals surface area contributed by atoms with Crippen LogP contribution in [0.3, 0.4) is 0 Å². The van der Waals surface area contributed by atoms with Gasteiger partial charge in [-0.05, 0) is 29.8 Å². The molecular weight excluding hydrogens is 428 g/mol. The standard InChI is InChI=1S/C23H16N4O6/c1-33-21-14-18(27(31)32)11-12-20(21)25-22(16-5-3-2-4-6-16)24-19(23(25)28)13-15-7-9-17(10-8-15)26(29)30/h2-14H,1H3/b19-13+. The second kappa shape index (κ2) is 8.71. The van der Waals surface area contributed by atoms with Gasteiger partial charge in [0, 0.05) is 23.8 Å². The lowest BCUT2D eigenvalue weighted by Gasteiger charge is -2.20. The summed E-state index contributed by atoms with van der Waals surface area (Å²) in [7, 11) is 1.36. The van der Waals surface area contributed by atoms with E-state index in [-0.39, 0.29) is 22.8 Å². The van der Waals surface area contributed by atoms with E-state index in [0.717, 1.165) is 0 Å². The molecule has 1 aliphatic rings. The number of amides is 1. The number of benzene rings is 3. The van der Waals surface area contributed by atoms with Crippen molar-refractivity contribution in [3.8, 4) is 5.75 Å². The zero-order valence-corrected chi connectivity index (χ0v) is 17.2. The van der Waals surface area contributed by atoms with Gasteiger partial charge in [0.2, 0.25) is 0 Å². The third-order valence-electron chi connectivity index (χ3n) is 4.91. The highest BCUT2D eigenvalue weighted by molar-refractivity contribution is 6.33. The average molecular weight is 444 g/mol. The van der Waals surface area contributed by atoms with Crippen molar-refractivity contribution in [1.29, 1.82) is 0 Å². The molecule has 0 atom stereocenters. The molecule has 0 fully saturated rings. The van der Waals surface area contributed by atoms with Crippen LogP contribution >= 0.6 is 0 Å². The van der Waals surface area contributed by atoms with E-state index in [1.807, 2.05) is 6.07 Å². The fraction of sp³-hybridized carbons (Fsp3) is 0.0435. The number of nitro benzene ring substituents is 2. The molecule has 3 aromatic carbocycles. The number of hydrogen-bond donors (Lipinski definition) is 0. The first-order valence-corrected chi connectivity index (χ1v) is 9.66. The molecule has 0 aromatic heterocycles. The van der Waals surface area contributed by atoms with Crippen LogP contribution in [0, 0.1) is 20.2 Å². The van der Waals surface area contributed by atoms with Crippen molar-refractivity contribution in [2.75, 3.05) is 12.0 Å². The fourth-order valence-corrected chi connectivity index (χ4v) is 3.34. The number of anilines is 1. The molecule has 1 amide bonds. The summed E-state index contributed by atoms with van der Waals surface area (Å²) in [6.07, 6.45) is 1.52. The lowest BCUT2D eigenvalue weighted by molar-refractivity contribution is -0.385. The number of nitrogens with zero attached hydrogens (tertiary/aromatic N) is 4. The summed E-state index contributed by atoms with van der Waals surface area (Å²) in [5, 5.41) is 22.1. The number of methoxy groups -OCH3 is 1. The van der Waals surface area contributed by atoms with Crippen LogP contribution < -0.4 is 9.64 Å². The minimum Gasteiger partial charge on any atom is -0.494 e. The maximum Gasteiger partial charge on any atom is 0.282 e. The number of non-ortho nitro benzene ring substituents is 2. The maximum atomic E-state index is 13.4. The summed E-state index contributed by atoms with van der Waals surface area (Å²) in [4.78, 5) is 40.2. The minimum atomic E-state index is -0.551. The van der Waals surface area contributed by atoms with Crippen molar-refractivity contribution in [2.24, 2.45) is 4.99 Å². The molecule has 0 saturated heterocycles. The Morgan fingerprint density at radius 2 is 1.55 bits per heavy atom. The third-order valence-corrected chi connectivity index (χ3v) is 4.91. The Morgan fingerprint density at radius 1 is 0.909 bits per heavy atom. The summed E-state index contributed by atoms with van der Waals surface area (Å²) in [5.41, 5.74) is 1.35. The molecule has 1 heterocycles. The molecular formula is C23H16N4O6. The highest BCUT2D eigenvalue weighted by Crippen LogP contribution is 2.36. The SMILES string of the molecule is COc1cc([N+](=O)[O-])ccc1N1C(=O)/C(=C\c2ccc([N+](=O)[O-])cc2)N=C1c1ccccc1. The largest absolute Gasteiger partial charge is 0.494 e. The van der Waals surface area contributed by atoms with Gasteiger partial charge in [-0.15, -0.1) is 0 Å². The van der Waals surface area contributed by atoms with Crippen LogP contribution in [0.15, 0.2) is 83.5 Å². The summed E-state index contributed by atoms with van der Waals surface area (Å²) >= 11 is 0. The normalized spacial score (nSPS) is 14.3. The molecule has 1 aliphatic heterocycles. The van der Waals surface area contributed by atoms with Crippen LogP contribution in [0.5, 0.6) is 5.75 Å². The monoisotopic (exact) mass is 444 g/mol. The number of amidine groups is 1. The first-order chi connectivity index (χ1) is 15.9. The molecule has 10 heteroatoms. The number of hydrogen-bond acceptors (Lipinski definition) is 7. The minimum absolute atomic E-state index is 0.0689. The molecule has 0 spiro atoms. The van der Waals surface area contributed by atoms with Crippen molar-refractivity contribution < 1.29 is 19.4 Å². The van der Waals surface area contributed by atoms with Crippen LogP contribution in [-0.4, -0.2) is 28.7 Å². The maximum absolute atomic E-state index is 13.4. The van der Waals surface area contributed by atoms with Crippen molar-refractivity contribution in [2.45, 2.75) is 0 Å². The molecule has 4 rings (SSSR count). The molecule has 0 aliphatic carbocycles. The molecule has 0 saturated carbocycles. The zero-order chi connectivity index (χ0) is 23.5. The topological polar surface area (TPSA) is 128 Å². The average Bonchev–Trinajstić information content (AvgIpc) is 3.15. The van der Waals surface area contributed by atoms with E-state index in [0.29, 0.717) is 22.6 Å². The van der Waals surface area contributed by atoms with E-state index in [1.165, 1.54) is 60.6 Å². The van der Waals surface area contributed by atoms with Crippen molar-refractivity contribution in [3.63, 3.8) is 0 Å². The third kappa shape index (κ3) is 4.17. The molecule has 10 nitrogen and oxygen atoms in total. The van der Waals surface area contributed by atoms with Gasteiger partial charge in [0.05, 0.1) is 28.7 Å². The Hall–Kier alpha value is -4.86. The number of nitro groups is 2.